The normalized spacial score (nSPS) is 31.7. The van der Waals surface area contributed by atoms with Gasteiger partial charge in [-0.15, -0.1) is 13.2 Å². The van der Waals surface area contributed by atoms with E-state index in [1.165, 1.54) is 12.1 Å². The molecule has 1 rings (SSSR count). The van der Waals surface area contributed by atoms with Crippen LogP contribution in [0.25, 0.3) is 0 Å². The molecule has 1 heterocycles. The molecule has 0 aromatic heterocycles. The van der Waals surface area contributed by atoms with E-state index in [-0.39, 0.29) is 17.6 Å². The van der Waals surface area contributed by atoms with Gasteiger partial charge in [-0.3, -0.25) is 0 Å². The van der Waals surface area contributed by atoms with E-state index in [4.69, 9.17) is 0 Å². The van der Waals surface area contributed by atoms with Gasteiger partial charge in [-0.1, -0.05) is 29.2 Å². The van der Waals surface area contributed by atoms with Gasteiger partial charge in [0.15, 0.2) is 0 Å². The smallest absolute Gasteiger partial charge is 0.0346 e. The van der Waals surface area contributed by atoms with Gasteiger partial charge in [0, 0.05) is 27.1 Å². The fraction of sp³-hybridized carbons (Fsp3) is 0.556. The van der Waals surface area contributed by atoms with E-state index in [2.05, 4.69) is 25.3 Å². The Morgan fingerprint density at radius 3 is 2.00 bits per heavy atom. The molecule has 2 atom stereocenters. The van der Waals surface area contributed by atoms with Crippen molar-refractivity contribution in [3.63, 3.8) is 0 Å². The van der Waals surface area contributed by atoms with E-state index in [0.29, 0.717) is 9.52 Å². The number of allylic oxidation sites excluding steroid dienone is 2. The van der Waals surface area contributed by atoms with Gasteiger partial charge in [0.2, 0.25) is 0 Å². The Kier molecular flexibility index (Phi) is 4.87. The first-order valence-corrected chi connectivity index (χ1v) is 12.0. The molecule has 0 aromatic rings. The van der Waals surface area contributed by atoms with Crippen molar-refractivity contribution in [2.45, 2.75) is 29.1 Å². The Bertz CT molecular complexity index is 140. The van der Waals surface area contributed by atoms with Crippen molar-refractivity contribution in [3.8, 4) is 0 Å². The maximum atomic E-state index is 3.87. The zero-order chi connectivity index (χ0) is 8.81. The molecule has 0 nitrogen and oxygen atoms in total. The Balaban J connectivity index is 2.29. The fourth-order valence-electron chi connectivity index (χ4n) is 2.30. The largest absolute Gasteiger partial charge is 0.103 e. The first kappa shape index (κ1) is 10.2. The zero-order valence-electron chi connectivity index (χ0n) is 7.97. The van der Waals surface area contributed by atoms with Crippen molar-refractivity contribution in [1.29, 1.82) is 0 Å². The maximum absolute atomic E-state index is 3.87. The second-order valence-corrected chi connectivity index (χ2v) is 15.6. The van der Waals surface area contributed by atoms with Crippen molar-refractivity contribution in [3.05, 3.63) is 25.3 Å². The van der Waals surface area contributed by atoms with Crippen LogP contribution in [0.2, 0.25) is 29.1 Å². The van der Waals surface area contributed by atoms with Gasteiger partial charge in [0.05, 0.1) is 0 Å². The van der Waals surface area contributed by atoms with E-state index in [0.717, 1.165) is 0 Å². The van der Waals surface area contributed by atoms with Crippen LogP contribution in [0.15, 0.2) is 25.3 Å². The molecule has 2 unspecified atom stereocenters. The Morgan fingerprint density at radius 2 is 1.58 bits per heavy atom. The van der Waals surface area contributed by atoms with Crippen LogP contribution in [0.5, 0.6) is 0 Å². The highest BCUT2D eigenvalue weighted by Crippen LogP contribution is 2.19. The van der Waals surface area contributed by atoms with Crippen LogP contribution < -0.4 is 0 Å². The fourth-order valence-corrected chi connectivity index (χ4v) is 24.3. The van der Waals surface area contributed by atoms with Gasteiger partial charge in [-0.25, -0.2) is 0 Å². The first-order chi connectivity index (χ1) is 5.86. The summed E-state index contributed by atoms with van der Waals surface area (Å²) in [6, 6.07) is 2.85. The van der Waals surface area contributed by atoms with Crippen LogP contribution in [0.1, 0.15) is 0 Å². The van der Waals surface area contributed by atoms with Gasteiger partial charge in [-0.05, 0) is 12.1 Å². The lowest BCUT2D eigenvalue weighted by Crippen LogP contribution is -2.32. The van der Waals surface area contributed by atoms with Crippen LogP contribution in [-0.4, -0.2) is 27.1 Å². The number of rotatable bonds is 4. The van der Waals surface area contributed by atoms with E-state index >= 15 is 0 Å². The predicted molar refractivity (Wildman–Crippen MR) is 67.3 cm³/mol. The summed E-state index contributed by atoms with van der Waals surface area (Å²) < 4.78 is 0. The number of hydrogen-bond acceptors (Lipinski definition) is 0. The molecule has 0 aliphatic carbocycles. The van der Waals surface area contributed by atoms with Crippen molar-refractivity contribution in [1.82, 2.24) is 0 Å². The maximum Gasteiger partial charge on any atom is 0.0346 e. The standard InChI is InChI=1S/C9H20Si3/c1-3-5-11-7-10-8-12(9-11)6-4-2/h3-4,11-12H,1-2,5-10H2. The third-order valence-electron chi connectivity index (χ3n) is 2.89. The quantitative estimate of drug-likeness (QED) is 0.489. The second kappa shape index (κ2) is 5.72. The van der Waals surface area contributed by atoms with Crippen LogP contribution >= 0.6 is 0 Å². The Labute approximate surface area is 81.8 Å². The van der Waals surface area contributed by atoms with Crippen molar-refractivity contribution in [2.75, 3.05) is 0 Å². The molecule has 0 saturated carbocycles. The van der Waals surface area contributed by atoms with Crippen molar-refractivity contribution >= 4 is 27.1 Å². The minimum atomic E-state index is -0.258. The molecule has 0 N–H and O–H groups in total. The molecule has 1 fully saturated rings. The minimum absolute atomic E-state index is 0.258. The molecule has 0 amide bonds. The summed E-state index contributed by atoms with van der Waals surface area (Å²) in [6.45, 7) is 7.74. The summed E-state index contributed by atoms with van der Waals surface area (Å²) >= 11 is 0. The van der Waals surface area contributed by atoms with Gasteiger partial charge in [-0.2, -0.15) is 0 Å². The average molecular weight is 213 g/mol. The molecule has 1 saturated heterocycles. The van der Waals surface area contributed by atoms with Crippen LogP contribution in [0.3, 0.4) is 0 Å². The van der Waals surface area contributed by atoms with Crippen molar-refractivity contribution in [2.24, 2.45) is 0 Å². The SMILES string of the molecule is C=CC[SiH]1C[SiH2]C[SiH](CC=C)C1. The van der Waals surface area contributed by atoms with Crippen LogP contribution in [-0.2, 0) is 0 Å². The summed E-state index contributed by atoms with van der Waals surface area (Å²) in [6.07, 6.45) is 4.35. The molecule has 3 heteroatoms. The molecule has 0 radical (unpaired) electrons. The molecule has 68 valence electrons. The summed E-state index contributed by atoms with van der Waals surface area (Å²) in [7, 11) is -0.115. The third-order valence-corrected chi connectivity index (χ3v) is 20.0. The van der Waals surface area contributed by atoms with E-state index in [9.17, 15) is 0 Å². The lowest BCUT2D eigenvalue weighted by molar-refractivity contribution is 1.45. The van der Waals surface area contributed by atoms with Crippen molar-refractivity contribution < 1.29 is 0 Å². The highest BCUT2D eigenvalue weighted by Gasteiger charge is 2.22. The highest BCUT2D eigenvalue weighted by atomic mass is 28.4. The Hall–Kier alpha value is 0.131. The molecule has 0 spiro atoms. The lowest BCUT2D eigenvalue weighted by Gasteiger charge is -2.25. The monoisotopic (exact) mass is 212 g/mol. The summed E-state index contributed by atoms with van der Waals surface area (Å²) in [5, 5.41) is 0. The van der Waals surface area contributed by atoms with Crippen LogP contribution in [0.4, 0.5) is 0 Å². The van der Waals surface area contributed by atoms with Crippen LogP contribution in [0, 0.1) is 0 Å². The highest BCUT2D eigenvalue weighted by molar-refractivity contribution is 6.90. The number of hydrogen-bond donors (Lipinski definition) is 0. The van der Waals surface area contributed by atoms with Gasteiger partial charge >= 0.3 is 0 Å². The average Bonchev–Trinajstić information content (AvgIpc) is 2.06. The Morgan fingerprint density at radius 1 is 1.08 bits per heavy atom. The molecule has 1 aliphatic heterocycles. The van der Waals surface area contributed by atoms with E-state index < -0.39 is 0 Å². The first-order valence-electron chi connectivity index (χ1n) is 5.08. The van der Waals surface area contributed by atoms with E-state index in [1.807, 2.05) is 0 Å². The predicted octanol–water partition coefficient (Wildman–Crippen LogP) is 1.45. The zero-order valence-corrected chi connectivity index (χ0v) is 11.7. The molecule has 0 aromatic carbocycles. The molecular formula is C9H20Si3. The third kappa shape index (κ3) is 3.25. The molecular weight excluding hydrogens is 192 g/mol. The van der Waals surface area contributed by atoms with E-state index in [1.54, 1.807) is 17.0 Å². The van der Waals surface area contributed by atoms with Gasteiger partial charge in [0.25, 0.3) is 0 Å². The molecule has 12 heavy (non-hydrogen) atoms. The van der Waals surface area contributed by atoms with Gasteiger partial charge < -0.3 is 0 Å². The molecule has 1 aliphatic rings. The lowest BCUT2D eigenvalue weighted by atomic mass is 10.8. The second-order valence-electron chi connectivity index (χ2n) is 3.95. The minimum Gasteiger partial charge on any atom is -0.103 e. The summed E-state index contributed by atoms with van der Waals surface area (Å²) in [5.41, 5.74) is 5.17. The van der Waals surface area contributed by atoms with Gasteiger partial charge in [0.1, 0.15) is 0 Å². The topological polar surface area (TPSA) is 0 Å². The summed E-state index contributed by atoms with van der Waals surface area (Å²) in [5.74, 6) is 0. The molecule has 0 bridgehead atoms. The summed E-state index contributed by atoms with van der Waals surface area (Å²) in [4.78, 5) is 0.